The molecule has 3 rings (SSSR count). The van der Waals surface area contributed by atoms with Gasteiger partial charge in [-0.05, 0) is 41.7 Å². The van der Waals surface area contributed by atoms with Gasteiger partial charge in [-0.2, -0.15) is 0 Å². The van der Waals surface area contributed by atoms with Gasteiger partial charge in [0.25, 0.3) is 0 Å². The van der Waals surface area contributed by atoms with E-state index in [2.05, 4.69) is 6.07 Å². The fourth-order valence-electron chi connectivity index (χ4n) is 2.96. The molecule has 1 atom stereocenters. The molecule has 0 aliphatic heterocycles. The predicted octanol–water partition coefficient (Wildman–Crippen LogP) is 3.43. The van der Waals surface area contributed by atoms with E-state index in [0.29, 0.717) is 24.8 Å². The van der Waals surface area contributed by atoms with Crippen LogP contribution in [0.5, 0.6) is 0 Å². The van der Waals surface area contributed by atoms with E-state index in [1.807, 2.05) is 18.2 Å². The van der Waals surface area contributed by atoms with Crippen molar-refractivity contribution in [1.82, 2.24) is 0 Å². The Morgan fingerprint density at radius 1 is 1.00 bits per heavy atom. The summed E-state index contributed by atoms with van der Waals surface area (Å²) < 4.78 is 26.2. The van der Waals surface area contributed by atoms with Gasteiger partial charge in [0, 0.05) is 12.8 Å². The number of halogens is 2. The lowest BCUT2D eigenvalue weighted by Gasteiger charge is -2.33. The maximum absolute atomic E-state index is 13.2. The van der Waals surface area contributed by atoms with Gasteiger partial charge in [0.1, 0.15) is 0 Å². The summed E-state index contributed by atoms with van der Waals surface area (Å²) in [6.07, 6.45) is 2.36. The average Bonchev–Trinajstić information content (AvgIpc) is 2.42. The third-order valence-electron chi connectivity index (χ3n) is 4.01. The number of rotatable bonds is 2. The first-order valence-electron chi connectivity index (χ1n) is 6.79. The van der Waals surface area contributed by atoms with Gasteiger partial charge in [0.2, 0.25) is 0 Å². The quantitative estimate of drug-likeness (QED) is 0.889. The van der Waals surface area contributed by atoms with Gasteiger partial charge >= 0.3 is 0 Å². The van der Waals surface area contributed by atoms with E-state index >= 15 is 0 Å². The van der Waals surface area contributed by atoms with Crippen molar-refractivity contribution in [1.29, 1.82) is 0 Å². The Kier molecular flexibility index (Phi) is 3.30. The van der Waals surface area contributed by atoms with Crippen molar-refractivity contribution < 1.29 is 13.9 Å². The Morgan fingerprint density at radius 2 is 1.75 bits per heavy atom. The molecule has 1 unspecified atom stereocenters. The van der Waals surface area contributed by atoms with Crippen molar-refractivity contribution in [2.75, 3.05) is 0 Å². The highest BCUT2D eigenvalue weighted by Crippen LogP contribution is 2.31. The number of aryl methyl sites for hydroxylation is 1. The molecular weight excluding hydrogens is 258 g/mol. The van der Waals surface area contributed by atoms with Crippen LogP contribution < -0.4 is 0 Å². The summed E-state index contributed by atoms with van der Waals surface area (Å²) in [4.78, 5) is 0. The molecule has 0 bridgehead atoms. The van der Waals surface area contributed by atoms with E-state index in [0.717, 1.165) is 18.1 Å². The molecule has 2 aromatic carbocycles. The third-order valence-corrected chi connectivity index (χ3v) is 4.01. The van der Waals surface area contributed by atoms with Crippen molar-refractivity contribution in [3.8, 4) is 0 Å². The number of aliphatic hydroxyl groups is 1. The number of hydrogen-bond acceptors (Lipinski definition) is 1. The van der Waals surface area contributed by atoms with Crippen LogP contribution in [0.15, 0.2) is 42.5 Å². The second-order valence-electron chi connectivity index (χ2n) is 5.60. The van der Waals surface area contributed by atoms with Crippen molar-refractivity contribution in [3.05, 3.63) is 70.8 Å². The average molecular weight is 274 g/mol. The molecule has 20 heavy (non-hydrogen) atoms. The molecule has 1 N–H and O–H groups in total. The number of fused-ring (bicyclic) bond motifs is 1. The minimum atomic E-state index is -0.876. The number of hydrogen-bond donors (Lipinski definition) is 1. The lowest BCUT2D eigenvalue weighted by atomic mass is 9.77. The van der Waals surface area contributed by atoms with Crippen LogP contribution in [0.4, 0.5) is 8.78 Å². The van der Waals surface area contributed by atoms with Gasteiger partial charge in [0.15, 0.2) is 11.6 Å². The SMILES string of the molecule is OC1(Cc2ccc(F)c(F)c2)CCc2ccccc2C1. The van der Waals surface area contributed by atoms with Crippen molar-refractivity contribution in [2.45, 2.75) is 31.3 Å². The van der Waals surface area contributed by atoms with Gasteiger partial charge in [-0.3, -0.25) is 0 Å². The first-order chi connectivity index (χ1) is 9.56. The molecule has 0 spiro atoms. The highest BCUT2D eigenvalue weighted by molar-refractivity contribution is 5.32. The molecule has 2 aromatic rings. The zero-order valence-electron chi connectivity index (χ0n) is 11.1. The van der Waals surface area contributed by atoms with Crippen molar-refractivity contribution in [2.24, 2.45) is 0 Å². The molecule has 0 heterocycles. The largest absolute Gasteiger partial charge is 0.389 e. The van der Waals surface area contributed by atoms with Crippen LogP contribution in [-0.2, 0) is 19.3 Å². The van der Waals surface area contributed by atoms with Crippen LogP contribution in [0.25, 0.3) is 0 Å². The maximum atomic E-state index is 13.2. The summed E-state index contributed by atoms with van der Waals surface area (Å²) >= 11 is 0. The first kappa shape index (κ1) is 13.3. The van der Waals surface area contributed by atoms with E-state index in [4.69, 9.17) is 0 Å². The Labute approximate surface area is 116 Å². The zero-order valence-corrected chi connectivity index (χ0v) is 11.1. The van der Waals surface area contributed by atoms with Crippen LogP contribution in [0.2, 0.25) is 0 Å². The van der Waals surface area contributed by atoms with E-state index < -0.39 is 17.2 Å². The highest BCUT2D eigenvalue weighted by Gasteiger charge is 2.32. The summed E-state index contributed by atoms with van der Waals surface area (Å²) in [5.74, 6) is -1.71. The topological polar surface area (TPSA) is 20.2 Å². The predicted molar refractivity (Wildman–Crippen MR) is 73.5 cm³/mol. The lowest BCUT2D eigenvalue weighted by molar-refractivity contribution is 0.0266. The van der Waals surface area contributed by atoms with Crippen LogP contribution >= 0.6 is 0 Å². The zero-order chi connectivity index (χ0) is 14.2. The van der Waals surface area contributed by atoms with E-state index in [9.17, 15) is 13.9 Å². The smallest absolute Gasteiger partial charge is 0.159 e. The van der Waals surface area contributed by atoms with E-state index in [1.54, 1.807) is 0 Å². The minimum absolute atomic E-state index is 0.346. The second kappa shape index (κ2) is 4.98. The standard InChI is InChI=1S/C17H16F2O/c18-15-6-5-12(9-16(15)19)10-17(20)8-7-13-3-1-2-4-14(13)11-17/h1-6,9,20H,7-8,10-11H2. The fourth-order valence-corrected chi connectivity index (χ4v) is 2.96. The summed E-state index contributed by atoms with van der Waals surface area (Å²) in [7, 11) is 0. The molecule has 1 aliphatic rings. The van der Waals surface area contributed by atoms with Gasteiger partial charge in [-0.15, -0.1) is 0 Å². The number of benzene rings is 2. The minimum Gasteiger partial charge on any atom is -0.389 e. The summed E-state index contributed by atoms with van der Waals surface area (Å²) in [6, 6.07) is 11.9. The summed E-state index contributed by atoms with van der Waals surface area (Å²) in [5, 5.41) is 10.7. The Balaban J connectivity index is 1.82. The normalized spacial score (nSPS) is 21.6. The van der Waals surface area contributed by atoms with Gasteiger partial charge < -0.3 is 5.11 Å². The molecule has 0 saturated carbocycles. The molecule has 3 heteroatoms. The fraction of sp³-hybridized carbons (Fsp3) is 0.294. The Bertz CT molecular complexity index is 639. The van der Waals surface area contributed by atoms with Crippen LogP contribution in [0, 0.1) is 11.6 Å². The lowest BCUT2D eigenvalue weighted by Crippen LogP contribution is -2.38. The van der Waals surface area contributed by atoms with Crippen molar-refractivity contribution in [3.63, 3.8) is 0 Å². The first-order valence-corrected chi connectivity index (χ1v) is 6.79. The van der Waals surface area contributed by atoms with Crippen LogP contribution in [-0.4, -0.2) is 10.7 Å². The third kappa shape index (κ3) is 2.59. The maximum Gasteiger partial charge on any atom is 0.159 e. The molecule has 104 valence electrons. The van der Waals surface area contributed by atoms with Gasteiger partial charge in [-0.1, -0.05) is 30.3 Å². The highest BCUT2D eigenvalue weighted by atomic mass is 19.2. The molecule has 1 aliphatic carbocycles. The van der Waals surface area contributed by atoms with Crippen LogP contribution in [0.3, 0.4) is 0 Å². The molecule has 0 saturated heterocycles. The molecule has 0 radical (unpaired) electrons. The van der Waals surface area contributed by atoms with E-state index in [1.165, 1.54) is 17.7 Å². The van der Waals surface area contributed by atoms with Crippen LogP contribution in [0.1, 0.15) is 23.1 Å². The molecule has 0 aromatic heterocycles. The van der Waals surface area contributed by atoms with Crippen molar-refractivity contribution >= 4 is 0 Å². The summed E-state index contributed by atoms with van der Waals surface area (Å²) in [6.45, 7) is 0. The van der Waals surface area contributed by atoms with Gasteiger partial charge in [-0.25, -0.2) is 8.78 Å². The molecule has 1 nitrogen and oxygen atoms in total. The monoisotopic (exact) mass is 274 g/mol. The Hall–Kier alpha value is -1.74. The second-order valence-corrected chi connectivity index (χ2v) is 5.60. The molecular formula is C17H16F2O. The molecule has 0 fully saturated rings. The molecule has 0 amide bonds. The summed E-state index contributed by atoms with van der Waals surface area (Å²) in [5.41, 5.74) is 2.16. The van der Waals surface area contributed by atoms with Gasteiger partial charge in [0.05, 0.1) is 5.60 Å². The van der Waals surface area contributed by atoms with E-state index in [-0.39, 0.29) is 0 Å². The Morgan fingerprint density at radius 3 is 2.50 bits per heavy atom.